The molecule has 0 radical (unpaired) electrons. The van der Waals surface area contributed by atoms with Gasteiger partial charge in [-0.2, -0.15) is 0 Å². The molecular formula is C21H22N2O4. The summed E-state index contributed by atoms with van der Waals surface area (Å²) in [6, 6.07) is 17.0. The number of hydrogen-bond acceptors (Lipinski definition) is 5. The molecule has 6 nitrogen and oxygen atoms in total. The van der Waals surface area contributed by atoms with Gasteiger partial charge in [0.05, 0.1) is 25.6 Å². The smallest absolute Gasteiger partial charge is 0.310 e. The highest BCUT2D eigenvalue weighted by Crippen LogP contribution is 2.22. The van der Waals surface area contributed by atoms with Gasteiger partial charge in [0, 0.05) is 18.2 Å². The van der Waals surface area contributed by atoms with Crippen molar-refractivity contribution in [2.75, 3.05) is 20.3 Å². The topological polar surface area (TPSA) is 83.5 Å². The number of carbonyl (C=O) groups is 1. The Hall–Kier alpha value is -3.12. The number of pyridine rings is 1. The van der Waals surface area contributed by atoms with Gasteiger partial charge in [0.2, 0.25) is 0 Å². The average molecular weight is 366 g/mol. The van der Waals surface area contributed by atoms with Gasteiger partial charge in [0.1, 0.15) is 12.4 Å². The van der Waals surface area contributed by atoms with Crippen molar-refractivity contribution < 1.29 is 14.3 Å². The third-order valence-electron chi connectivity index (χ3n) is 4.27. The van der Waals surface area contributed by atoms with Crippen molar-refractivity contribution in [1.82, 2.24) is 4.57 Å². The van der Waals surface area contributed by atoms with Crippen LogP contribution in [0, 0.1) is 0 Å². The lowest BCUT2D eigenvalue weighted by molar-refractivity contribution is -0.139. The van der Waals surface area contributed by atoms with Crippen LogP contribution in [0.25, 0.3) is 10.9 Å². The Balaban J connectivity index is 2.13. The van der Waals surface area contributed by atoms with Gasteiger partial charge in [-0.1, -0.05) is 30.3 Å². The molecule has 0 fully saturated rings. The van der Waals surface area contributed by atoms with Gasteiger partial charge in [-0.15, -0.1) is 0 Å². The van der Waals surface area contributed by atoms with Crippen molar-refractivity contribution in [2.45, 2.75) is 13.0 Å². The van der Waals surface area contributed by atoms with Crippen LogP contribution in [0.15, 0.2) is 59.4 Å². The number of methoxy groups -OCH3 is 1. The van der Waals surface area contributed by atoms with Crippen molar-refractivity contribution in [3.63, 3.8) is 0 Å². The number of carbonyl (C=O) groups excluding carboxylic acids is 1. The molecule has 0 spiro atoms. The summed E-state index contributed by atoms with van der Waals surface area (Å²) < 4.78 is 12.0. The van der Waals surface area contributed by atoms with E-state index < -0.39 is 5.97 Å². The molecule has 2 N–H and O–H groups in total. The van der Waals surface area contributed by atoms with Gasteiger partial charge < -0.3 is 19.8 Å². The van der Waals surface area contributed by atoms with Gasteiger partial charge >= 0.3 is 5.97 Å². The summed E-state index contributed by atoms with van der Waals surface area (Å²) in [6.07, 6.45) is -0.0640. The fraction of sp³-hybridized carbons (Fsp3) is 0.238. The van der Waals surface area contributed by atoms with E-state index in [0.717, 1.165) is 16.5 Å². The molecule has 3 aromatic rings. The maximum Gasteiger partial charge on any atom is 0.310 e. The minimum atomic E-state index is -0.444. The van der Waals surface area contributed by atoms with Gasteiger partial charge in [-0.05, 0) is 29.1 Å². The normalized spacial score (nSPS) is 10.7. The summed E-state index contributed by atoms with van der Waals surface area (Å²) in [7, 11) is 1.31. The van der Waals surface area contributed by atoms with Crippen LogP contribution in [-0.4, -0.2) is 30.8 Å². The zero-order chi connectivity index (χ0) is 19.2. The van der Waals surface area contributed by atoms with Gasteiger partial charge in [0.15, 0.2) is 0 Å². The van der Waals surface area contributed by atoms with Crippen LogP contribution in [0.5, 0.6) is 5.75 Å². The molecule has 140 valence electrons. The van der Waals surface area contributed by atoms with E-state index in [2.05, 4.69) is 0 Å². The lowest BCUT2D eigenvalue weighted by Gasteiger charge is -2.14. The minimum absolute atomic E-state index is 0.0640. The monoisotopic (exact) mass is 366 g/mol. The molecule has 0 saturated carbocycles. The third kappa shape index (κ3) is 4.35. The molecule has 0 atom stereocenters. The first kappa shape index (κ1) is 18.7. The first-order chi connectivity index (χ1) is 13.1. The lowest BCUT2D eigenvalue weighted by atomic mass is 10.1. The number of rotatable bonds is 7. The van der Waals surface area contributed by atoms with E-state index in [1.54, 1.807) is 10.6 Å². The van der Waals surface area contributed by atoms with E-state index in [1.165, 1.54) is 7.11 Å². The van der Waals surface area contributed by atoms with E-state index in [0.29, 0.717) is 31.0 Å². The summed E-state index contributed by atoms with van der Waals surface area (Å²) in [6.45, 7) is 1.20. The van der Waals surface area contributed by atoms with E-state index in [4.69, 9.17) is 15.2 Å². The van der Waals surface area contributed by atoms with Gasteiger partial charge in [0.25, 0.3) is 5.56 Å². The first-order valence-electron chi connectivity index (χ1n) is 8.72. The molecule has 0 unspecified atom stereocenters. The fourth-order valence-electron chi connectivity index (χ4n) is 2.96. The third-order valence-corrected chi connectivity index (χ3v) is 4.27. The van der Waals surface area contributed by atoms with Crippen molar-refractivity contribution >= 4 is 16.9 Å². The van der Waals surface area contributed by atoms with Crippen LogP contribution in [0.1, 0.15) is 11.1 Å². The Kier molecular flexibility index (Phi) is 5.88. The van der Waals surface area contributed by atoms with Crippen LogP contribution in [0.2, 0.25) is 0 Å². The summed E-state index contributed by atoms with van der Waals surface area (Å²) in [5.41, 5.74) is 7.42. The summed E-state index contributed by atoms with van der Waals surface area (Å²) in [5, 5.41) is 0.851. The second-order valence-electron chi connectivity index (χ2n) is 6.16. The molecule has 0 aliphatic rings. The predicted octanol–water partition coefficient (Wildman–Crippen LogP) is 2.10. The fourth-order valence-corrected chi connectivity index (χ4v) is 2.96. The molecule has 0 amide bonds. The predicted molar refractivity (Wildman–Crippen MR) is 104 cm³/mol. The Morgan fingerprint density at radius 3 is 2.59 bits per heavy atom. The first-order valence-corrected chi connectivity index (χ1v) is 8.72. The molecule has 6 heteroatoms. The lowest BCUT2D eigenvalue weighted by Crippen LogP contribution is -2.26. The Morgan fingerprint density at radius 2 is 1.89 bits per heavy atom. The van der Waals surface area contributed by atoms with Crippen LogP contribution < -0.4 is 16.0 Å². The zero-order valence-electron chi connectivity index (χ0n) is 15.2. The van der Waals surface area contributed by atoms with Crippen LogP contribution in [0.3, 0.4) is 0 Å². The number of fused-ring (bicyclic) bond motifs is 1. The average Bonchev–Trinajstić information content (AvgIpc) is 2.70. The van der Waals surface area contributed by atoms with E-state index in [1.807, 2.05) is 48.5 Å². The maximum absolute atomic E-state index is 13.1. The highest BCUT2D eigenvalue weighted by Gasteiger charge is 2.14. The molecule has 0 aliphatic heterocycles. The molecule has 0 saturated heterocycles. The van der Waals surface area contributed by atoms with Crippen molar-refractivity contribution in [1.29, 1.82) is 0 Å². The number of benzene rings is 2. The van der Waals surface area contributed by atoms with Crippen molar-refractivity contribution in [3.05, 3.63) is 76.1 Å². The minimum Gasteiger partial charge on any atom is -0.492 e. The van der Waals surface area contributed by atoms with Crippen LogP contribution in [0.4, 0.5) is 0 Å². The van der Waals surface area contributed by atoms with Gasteiger partial charge in [-0.3, -0.25) is 9.59 Å². The van der Waals surface area contributed by atoms with E-state index >= 15 is 0 Å². The standard InChI is InChI=1S/C21H22N2O4/c1-26-20(24)12-17-11-16-7-8-18(27-10-9-22)13-19(16)23(21(17)25)14-15-5-3-2-4-6-15/h2-8,11,13H,9-10,12,14,22H2,1H3. The largest absolute Gasteiger partial charge is 0.492 e. The van der Waals surface area contributed by atoms with Crippen LogP contribution >= 0.6 is 0 Å². The summed E-state index contributed by atoms with van der Waals surface area (Å²) in [5.74, 6) is 0.204. The molecular weight excluding hydrogens is 344 g/mol. The quantitative estimate of drug-likeness (QED) is 0.648. The second kappa shape index (κ2) is 8.51. The number of nitrogens with two attached hydrogens (primary N) is 1. The molecule has 0 bridgehead atoms. The number of nitrogens with zero attached hydrogens (tertiary/aromatic N) is 1. The second-order valence-corrected chi connectivity index (χ2v) is 6.16. The number of ether oxygens (including phenoxy) is 2. The number of hydrogen-bond donors (Lipinski definition) is 1. The van der Waals surface area contributed by atoms with E-state index in [-0.39, 0.29) is 12.0 Å². The Bertz CT molecular complexity index is 996. The zero-order valence-corrected chi connectivity index (χ0v) is 15.2. The Morgan fingerprint density at radius 1 is 1.11 bits per heavy atom. The molecule has 1 aromatic heterocycles. The maximum atomic E-state index is 13.1. The SMILES string of the molecule is COC(=O)Cc1cc2ccc(OCCN)cc2n(Cc2ccccc2)c1=O. The molecule has 2 aromatic carbocycles. The van der Waals surface area contributed by atoms with Crippen molar-refractivity contribution in [3.8, 4) is 5.75 Å². The van der Waals surface area contributed by atoms with Gasteiger partial charge in [-0.25, -0.2) is 0 Å². The molecule has 1 heterocycles. The number of esters is 1. The highest BCUT2D eigenvalue weighted by molar-refractivity contribution is 5.83. The van der Waals surface area contributed by atoms with Crippen LogP contribution in [-0.2, 0) is 22.5 Å². The number of aromatic nitrogens is 1. The molecule has 0 aliphatic carbocycles. The van der Waals surface area contributed by atoms with Crippen molar-refractivity contribution in [2.24, 2.45) is 5.73 Å². The van der Waals surface area contributed by atoms with E-state index in [9.17, 15) is 9.59 Å². The molecule has 27 heavy (non-hydrogen) atoms. The Labute approximate surface area is 157 Å². The summed E-state index contributed by atoms with van der Waals surface area (Å²) in [4.78, 5) is 24.8. The summed E-state index contributed by atoms with van der Waals surface area (Å²) >= 11 is 0. The highest BCUT2D eigenvalue weighted by atomic mass is 16.5. The molecule has 3 rings (SSSR count).